The monoisotopic (exact) mass is 306 g/mol. The average molecular weight is 307 g/mol. The van der Waals surface area contributed by atoms with Crippen LogP contribution in [0.25, 0.3) is 0 Å². The summed E-state index contributed by atoms with van der Waals surface area (Å²) in [6, 6.07) is 0. The number of oxime groups is 1. The summed E-state index contributed by atoms with van der Waals surface area (Å²) in [5, 5.41) is 7.65. The molecule has 1 heterocycles. The first kappa shape index (κ1) is 11.9. The molecule has 3 nitrogen and oxygen atoms in total. The van der Waals surface area contributed by atoms with Crippen molar-refractivity contribution in [3.63, 3.8) is 0 Å². The van der Waals surface area contributed by atoms with Gasteiger partial charge >= 0.3 is 0 Å². The lowest BCUT2D eigenvalue weighted by atomic mass is 9.84. The third-order valence-corrected chi connectivity index (χ3v) is 4.24. The van der Waals surface area contributed by atoms with E-state index >= 15 is 0 Å². The van der Waals surface area contributed by atoms with Crippen molar-refractivity contribution in [1.29, 1.82) is 0 Å². The highest BCUT2D eigenvalue weighted by atomic mass is 79.9. The molecule has 1 aromatic rings. The van der Waals surface area contributed by atoms with Crippen LogP contribution < -0.4 is 5.73 Å². The summed E-state index contributed by atoms with van der Waals surface area (Å²) in [6.07, 6.45) is 0.510. The van der Waals surface area contributed by atoms with Crippen LogP contribution in [0.5, 0.6) is 0 Å². The molecule has 6 heteroatoms. The van der Waals surface area contributed by atoms with Crippen LogP contribution in [0.15, 0.2) is 20.4 Å². The summed E-state index contributed by atoms with van der Waals surface area (Å²) >= 11 is 4.90. The Morgan fingerprint density at radius 1 is 1.62 bits per heavy atom. The quantitative estimate of drug-likeness (QED) is 0.528. The zero-order chi connectivity index (χ0) is 11.5. The number of rotatable bonds is 4. The van der Waals surface area contributed by atoms with Gasteiger partial charge in [0.2, 0.25) is 0 Å². The van der Waals surface area contributed by atoms with E-state index in [1.165, 1.54) is 11.3 Å². The van der Waals surface area contributed by atoms with Crippen LogP contribution in [0.4, 0.5) is 4.39 Å². The van der Waals surface area contributed by atoms with Crippen molar-refractivity contribution in [1.82, 2.24) is 0 Å². The second kappa shape index (κ2) is 5.14. The summed E-state index contributed by atoms with van der Waals surface area (Å²) in [6.45, 7) is 0.447. The minimum atomic E-state index is -0.652. The fourth-order valence-corrected chi connectivity index (χ4v) is 3.01. The fraction of sp³-hybridized carbons (Fsp3) is 0.500. The van der Waals surface area contributed by atoms with Gasteiger partial charge in [-0.05, 0) is 28.8 Å². The summed E-state index contributed by atoms with van der Waals surface area (Å²) in [4.78, 5) is 5.11. The molecule has 1 fully saturated rings. The van der Waals surface area contributed by atoms with Crippen molar-refractivity contribution in [2.75, 3.05) is 6.61 Å². The molecule has 1 saturated carbocycles. The van der Waals surface area contributed by atoms with E-state index in [0.29, 0.717) is 25.3 Å². The molecule has 0 unspecified atom stereocenters. The van der Waals surface area contributed by atoms with Crippen LogP contribution in [0.1, 0.15) is 18.4 Å². The summed E-state index contributed by atoms with van der Waals surface area (Å²) in [5.74, 6) is 0.640. The molecular formula is C10H12BrFN2OS. The number of nitrogens with two attached hydrogens (primary N) is 1. The van der Waals surface area contributed by atoms with Gasteiger partial charge in [0.15, 0.2) is 5.84 Å². The molecule has 0 aliphatic heterocycles. The van der Waals surface area contributed by atoms with E-state index in [4.69, 9.17) is 10.6 Å². The molecule has 1 aliphatic rings. The lowest BCUT2D eigenvalue weighted by Gasteiger charge is -2.27. The lowest BCUT2D eigenvalue weighted by Crippen LogP contribution is -2.28. The first-order chi connectivity index (χ1) is 7.66. The molecule has 0 saturated heterocycles. The average Bonchev–Trinajstić information content (AvgIpc) is 2.61. The molecule has 88 valence electrons. The van der Waals surface area contributed by atoms with Crippen LogP contribution in [0.2, 0.25) is 0 Å². The number of nitrogens with zero attached hydrogens (tertiary/aromatic N) is 1. The number of amidine groups is 1. The zero-order valence-electron chi connectivity index (χ0n) is 8.53. The van der Waals surface area contributed by atoms with Gasteiger partial charge in [-0.2, -0.15) is 11.3 Å². The molecule has 0 amide bonds. The van der Waals surface area contributed by atoms with Crippen molar-refractivity contribution in [2.24, 2.45) is 16.8 Å². The van der Waals surface area contributed by atoms with Gasteiger partial charge in [0.25, 0.3) is 0 Å². The molecule has 1 aliphatic carbocycles. The number of alkyl halides is 1. The summed E-state index contributed by atoms with van der Waals surface area (Å²) < 4.78 is 13.4. The molecule has 0 spiro atoms. The second-order valence-corrected chi connectivity index (χ2v) is 5.44. The van der Waals surface area contributed by atoms with Crippen LogP contribution >= 0.6 is 27.3 Å². The summed E-state index contributed by atoms with van der Waals surface area (Å²) in [5.41, 5.74) is 6.58. The molecule has 0 aromatic carbocycles. The van der Waals surface area contributed by atoms with Crippen LogP contribution in [-0.4, -0.2) is 18.6 Å². The van der Waals surface area contributed by atoms with Crippen molar-refractivity contribution in [3.8, 4) is 0 Å². The first-order valence-corrected chi connectivity index (χ1v) is 6.72. The van der Waals surface area contributed by atoms with Gasteiger partial charge in [-0.15, -0.1) is 0 Å². The van der Waals surface area contributed by atoms with Gasteiger partial charge in [0, 0.05) is 26.7 Å². The maximum absolute atomic E-state index is 12.5. The largest absolute Gasteiger partial charge is 0.394 e. The third kappa shape index (κ3) is 2.74. The topological polar surface area (TPSA) is 47.6 Å². The van der Waals surface area contributed by atoms with E-state index in [2.05, 4.69) is 21.1 Å². The Hall–Kier alpha value is -0.620. The number of hydrogen-bond acceptors (Lipinski definition) is 3. The van der Waals surface area contributed by atoms with Gasteiger partial charge in [-0.25, -0.2) is 4.39 Å². The molecule has 1 aromatic heterocycles. The normalized spacial score (nSPS) is 25.2. The van der Waals surface area contributed by atoms with Crippen LogP contribution in [0.3, 0.4) is 0 Å². The highest BCUT2D eigenvalue weighted by Gasteiger charge is 2.29. The SMILES string of the molecule is N/C(=N\OCC1CC(F)C1)c1cscc1Br. The molecule has 0 radical (unpaired) electrons. The van der Waals surface area contributed by atoms with Gasteiger partial charge in [-0.3, -0.25) is 0 Å². The zero-order valence-corrected chi connectivity index (χ0v) is 10.9. The minimum absolute atomic E-state index is 0.289. The third-order valence-electron chi connectivity index (χ3n) is 2.54. The highest BCUT2D eigenvalue weighted by Crippen LogP contribution is 2.30. The Morgan fingerprint density at radius 2 is 2.38 bits per heavy atom. The predicted octanol–water partition coefficient (Wildman–Crippen LogP) is 2.90. The van der Waals surface area contributed by atoms with E-state index in [9.17, 15) is 4.39 Å². The van der Waals surface area contributed by atoms with Crippen molar-refractivity contribution < 1.29 is 9.23 Å². The maximum atomic E-state index is 12.5. The Bertz CT molecular complexity index is 390. The van der Waals surface area contributed by atoms with Crippen molar-refractivity contribution >= 4 is 33.1 Å². The van der Waals surface area contributed by atoms with Gasteiger partial charge < -0.3 is 10.6 Å². The predicted molar refractivity (Wildman–Crippen MR) is 66.3 cm³/mol. The Morgan fingerprint density at radius 3 is 2.94 bits per heavy atom. The van der Waals surface area contributed by atoms with Crippen molar-refractivity contribution in [2.45, 2.75) is 19.0 Å². The lowest BCUT2D eigenvalue weighted by molar-refractivity contribution is 0.0320. The van der Waals surface area contributed by atoms with E-state index in [1.807, 2.05) is 10.8 Å². The Kier molecular flexibility index (Phi) is 3.81. The molecule has 16 heavy (non-hydrogen) atoms. The number of hydrogen-bond donors (Lipinski definition) is 1. The fourth-order valence-electron chi connectivity index (χ4n) is 1.52. The van der Waals surface area contributed by atoms with Gasteiger partial charge in [0.1, 0.15) is 12.8 Å². The Labute approximate surface area is 106 Å². The van der Waals surface area contributed by atoms with Gasteiger partial charge in [-0.1, -0.05) is 5.16 Å². The maximum Gasteiger partial charge on any atom is 0.172 e. The molecule has 2 rings (SSSR count). The molecule has 0 atom stereocenters. The molecule has 0 bridgehead atoms. The molecule has 2 N–H and O–H groups in total. The van der Waals surface area contributed by atoms with E-state index in [0.717, 1.165) is 10.0 Å². The standard InChI is InChI=1S/C10H12BrFN2OS/c11-9-5-16-4-8(9)10(13)14-15-3-6-1-7(12)2-6/h4-7H,1-3H2,(H2,13,14). The van der Waals surface area contributed by atoms with Crippen molar-refractivity contribution in [3.05, 3.63) is 20.8 Å². The summed E-state index contributed by atoms with van der Waals surface area (Å²) in [7, 11) is 0. The van der Waals surface area contributed by atoms with Gasteiger partial charge in [0.05, 0.1) is 0 Å². The van der Waals surface area contributed by atoms with E-state index < -0.39 is 6.17 Å². The number of thiophene rings is 1. The smallest absolute Gasteiger partial charge is 0.172 e. The van der Waals surface area contributed by atoms with Crippen LogP contribution in [0, 0.1) is 5.92 Å². The highest BCUT2D eigenvalue weighted by molar-refractivity contribution is 9.10. The second-order valence-electron chi connectivity index (χ2n) is 3.84. The first-order valence-electron chi connectivity index (χ1n) is 4.98. The van der Waals surface area contributed by atoms with Crippen LogP contribution in [-0.2, 0) is 4.84 Å². The van der Waals surface area contributed by atoms with E-state index in [1.54, 1.807) is 0 Å². The molecular weight excluding hydrogens is 295 g/mol. The minimum Gasteiger partial charge on any atom is -0.394 e. The van der Waals surface area contributed by atoms with E-state index in [-0.39, 0.29) is 5.92 Å². The Balaban J connectivity index is 1.81. The number of halogens is 2.